The van der Waals surface area contributed by atoms with Crippen molar-refractivity contribution in [3.8, 4) is 0 Å². The summed E-state index contributed by atoms with van der Waals surface area (Å²) in [6.07, 6.45) is 12.6. The number of piperidine rings is 1. The first kappa shape index (κ1) is 12.7. The van der Waals surface area contributed by atoms with E-state index >= 15 is 0 Å². The van der Waals surface area contributed by atoms with Gasteiger partial charge in [-0.25, -0.2) is 0 Å². The van der Waals surface area contributed by atoms with Crippen molar-refractivity contribution in [2.75, 3.05) is 18.0 Å². The molecular weight excluding hydrogens is 248 g/mol. The lowest BCUT2D eigenvalue weighted by atomic mass is 10.0. The molecule has 2 aliphatic carbocycles. The lowest BCUT2D eigenvalue weighted by Crippen LogP contribution is -2.50. The van der Waals surface area contributed by atoms with Crippen molar-refractivity contribution in [1.29, 1.82) is 0 Å². The SMILES string of the molecule is Cn1cc(N2CCC[C@H](NC(C3CC3)C3CC3)C2)cn1. The smallest absolute Gasteiger partial charge is 0.0752 e. The molecule has 1 atom stereocenters. The quantitative estimate of drug-likeness (QED) is 0.893. The maximum atomic E-state index is 4.31. The van der Waals surface area contributed by atoms with E-state index in [2.05, 4.69) is 21.5 Å². The van der Waals surface area contributed by atoms with Crippen LogP contribution in [0.5, 0.6) is 0 Å². The van der Waals surface area contributed by atoms with Crippen molar-refractivity contribution in [3.05, 3.63) is 12.4 Å². The molecule has 0 bridgehead atoms. The minimum atomic E-state index is 0.676. The highest BCUT2D eigenvalue weighted by Gasteiger charge is 2.42. The number of nitrogens with zero attached hydrogens (tertiary/aromatic N) is 3. The molecule has 3 fully saturated rings. The monoisotopic (exact) mass is 274 g/mol. The van der Waals surface area contributed by atoms with Gasteiger partial charge in [0.2, 0.25) is 0 Å². The zero-order valence-corrected chi connectivity index (χ0v) is 12.5. The highest BCUT2D eigenvalue weighted by Crippen LogP contribution is 2.44. The fourth-order valence-corrected chi connectivity index (χ4v) is 3.76. The average molecular weight is 274 g/mol. The molecule has 4 nitrogen and oxygen atoms in total. The topological polar surface area (TPSA) is 33.1 Å². The number of rotatable bonds is 5. The van der Waals surface area contributed by atoms with E-state index in [1.165, 1.54) is 50.8 Å². The Bertz CT molecular complexity index is 449. The Balaban J connectivity index is 1.38. The van der Waals surface area contributed by atoms with Crippen molar-refractivity contribution in [2.45, 2.75) is 50.6 Å². The van der Waals surface area contributed by atoms with E-state index in [0.29, 0.717) is 6.04 Å². The number of hydrogen-bond donors (Lipinski definition) is 1. The van der Waals surface area contributed by atoms with Gasteiger partial charge in [0.1, 0.15) is 0 Å². The van der Waals surface area contributed by atoms with Crippen LogP contribution < -0.4 is 10.2 Å². The van der Waals surface area contributed by atoms with Crippen LogP contribution >= 0.6 is 0 Å². The summed E-state index contributed by atoms with van der Waals surface area (Å²) >= 11 is 0. The van der Waals surface area contributed by atoms with Gasteiger partial charge in [0.25, 0.3) is 0 Å². The van der Waals surface area contributed by atoms with Crippen molar-refractivity contribution < 1.29 is 0 Å². The molecule has 110 valence electrons. The Kier molecular flexibility index (Phi) is 3.21. The van der Waals surface area contributed by atoms with E-state index < -0.39 is 0 Å². The van der Waals surface area contributed by atoms with Crippen LogP contribution in [0.25, 0.3) is 0 Å². The van der Waals surface area contributed by atoms with Crippen LogP contribution in [0, 0.1) is 11.8 Å². The zero-order chi connectivity index (χ0) is 13.5. The average Bonchev–Trinajstić information content (AvgIpc) is 3.36. The largest absolute Gasteiger partial charge is 0.367 e. The second-order valence-electron chi connectivity index (χ2n) is 7.02. The van der Waals surface area contributed by atoms with E-state index in [4.69, 9.17) is 0 Å². The Hall–Kier alpha value is -1.03. The maximum absolute atomic E-state index is 4.31. The second-order valence-corrected chi connectivity index (χ2v) is 7.02. The molecule has 1 N–H and O–H groups in total. The summed E-state index contributed by atoms with van der Waals surface area (Å²) in [7, 11) is 2.00. The molecule has 1 aromatic heterocycles. The predicted molar refractivity (Wildman–Crippen MR) is 80.8 cm³/mol. The van der Waals surface area contributed by atoms with Crippen LogP contribution in [-0.2, 0) is 7.05 Å². The number of anilines is 1. The first-order valence-electron chi connectivity index (χ1n) is 8.29. The fraction of sp³-hybridized carbons (Fsp3) is 0.812. The van der Waals surface area contributed by atoms with Gasteiger partial charge in [0.05, 0.1) is 11.9 Å². The molecule has 1 aromatic rings. The molecule has 0 amide bonds. The lowest BCUT2D eigenvalue weighted by Gasteiger charge is -2.36. The van der Waals surface area contributed by atoms with E-state index in [9.17, 15) is 0 Å². The van der Waals surface area contributed by atoms with Crippen LogP contribution in [-0.4, -0.2) is 35.0 Å². The summed E-state index contributed by atoms with van der Waals surface area (Å²) < 4.78 is 1.91. The first-order valence-corrected chi connectivity index (χ1v) is 8.29. The summed E-state index contributed by atoms with van der Waals surface area (Å²) in [5, 5.41) is 8.33. The molecule has 4 rings (SSSR count). The minimum absolute atomic E-state index is 0.676. The normalized spacial score (nSPS) is 27.3. The van der Waals surface area contributed by atoms with Crippen LogP contribution in [0.3, 0.4) is 0 Å². The fourth-order valence-electron chi connectivity index (χ4n) is 3.76. The van der Waals surface area contributed by atoms with Gasteiger partial charge in [0, 0.05) is 38.4 Å². The van der Waals surface area contributed by atoms with E-state index in [1.54, 1.807) is 0 Å². The highest BCUT2D eigenvalue weighted by atomic mass is 15.3. The molecular formula is C16H26N4. The third kappa shape index (κ3) is 2.71. The van der Waals surface area contributed by atoms with Crippen LogP contribution in [0.2, 0.25) is 0 Å². The first-order chi connectivity index (χ1) is 9.79. The molecule has 1 aliphatic heterocycles. The van der Waals surface area contributed by atoms with Crippen LogP contribution in [0.1, 0.15) is 38.5 Å². The van der Waals surface area contributed by atoms with Crippen LogP contribution in [0.15, 0.2) is 12.4 Å². The van der Waals surface area contributed by atoms with Gasteiger partial charge >= 0.3 is 0 Å². The van der Waals surface area contributed by atoms with Gasteiger partial charge in [-0.1, -0.05) is 0 Å². The Morgan fingerprint density at radius 2 is 1.95 bits per heavy atom. The minimum Gasteiger partial charge on any atom is -0.367 e. The zero-order valence-electron chi connectivity index (χ0n) is 12.5. The third-order valence-electron chi connectivity index (χ3n) is 5.17. The molecule has 2 saturated carbocycles. The summed E-state index contributed by atoms with van der Waals surface area (Å²) in [4.78, 5) is 2.50. The molecule has 0 spiro atoms. The van der Waals surface area contributed by atoms with Gasteiger partial charge in [-0.3, -0.25) is 4.68 Å². The molecule has 20 heavy (non-hydrogen) atoms. The summed E-state index contributed by atoms with van der Waals surface area (Å²) in [6.45, 7) is 2.34. The number of hydrogen-bond acceptors (Lipinski definition) is 3. The summed E-state index contributed by atoms with van der Waals surface area (Å²) in [5.74, 6) is 1.99. The predicted octanol–water partition coefficient (Wildman–Crippen LogP) is 2.17. The van der Waals surface area contributed by atoms with Gasteiger partial charge in [-0.15, -0.1) is 0 Å². The molecule has 0 radical (unpaired) electrons. The highest BCUT2D eigenvalue weighted by molar-refractivity contribution is 5.43. The van der Waals surface area contributed by atoms with Gasteiger partial charge < -0.3 is 10.2 Å². The Morgan fingerprint density at radius 1 is 1.20 bits per heavy atom. The van der Waals surface area contributed by atoms with Gasteiger partial charge in [0.15, 0.2) is 0 Å². The number of aryl methyl sites for hydroxylation is 1. The molecule has 0 unspecified atom stereocenters. The molecule has 3 aliphatic rings. The molecule has 0 aromatic carbocycles. The number of nitrogens with one attached hydrogen (secondary N) is 1. The third-order valence-corrected chi connectivity index (χ3v) is 5.17. The maximum Gasteiger partial charge on any atom is 0.0752 e. The van der Waals surface area contributed by atoms with Crippen molar-refractivity contribution in [2.24, 2.45) is 18.9 Å². The Morgan fingerprint density at radius 3 is 2.55 bits per heavy atom. The molecule has 2 heterocycles. The lowest BCUT2D eigenvalue weighted by molar-refractivity contribution is 0.328. The summed E-state index contributed by atoms with van der Waals surface area (Å²) in [6, 6.07) is 1.50. The van der Waals surface area contributed by atoms with Crippen LogP contribution in [0.4, 0.5) is 5.69 Å². The van der Waals surface area contributed by atoms with Crippen molar-refractivity contribution in [1.82, 2.24) is 15.1 Å². The standard InChI is InChI=1S/C16H26N4/c1-19-11-15(9-17-19)20-8-2-3-14(10-20)18-16(12-4-5-12)13-6-7-13/h9,11-14,16,18H,2-8,10H2,1H3/t14-/m0/s1. The number of aromatic nitrogens is 2. The second kappa shape index (κ2) is 5.06. The Labute approximate surface area is 121 Å². The van der Waals surface area contributed by atoms with Crippen molar-refractivity contribution in [3.63, 3.8) is 0 Å². The van der Waals surface area contributed by atoms with Crippen molar-refractivity contribution >= 4 is 5.69 Å². The summed E-state index contributed by atoms with van der Waals surface area (Å²) in [5.41, 5.74) is 1.29. The van der Waals surface area contributed by atoms with Gasteiger partial charge in [-0.05, 0) is 50.4 Å². The van der Waals surface area contributed by atoms with E-state index in [0.717, 1.165) is 24.4 Å². The van der Waals surface area contributed by atoms with Gasteiger partial charge in [-0.2, -0.15) is 5.10 Å². The molecule has 4 heteroatoms. The van der Waals surface area contributed by atoms with E-state index in [-0.39, 0.29) is 0 Å². The van der Waals surface area contributed by atoms with E-state index in [1.807, 2.05) is 17.9 Å². The molecule has 1 saturated heterocycles.